The van der Waals surface area contributed by atoms with Gasteiger partial charge in [0.15, 0.2) is 12.2 Å². The second-order valence-electron chi connectivity index (χ2n) is 28.5. The highest BCUT2D eigenvalue weighted by atomic mass is 31.2. The summed E-state index contributed by atoms with van der Waals surface area (Å²) in [5, 5.41) is 10.6. The van der Waals surface area contributed by atoms with Gasteiger partial charge in [-0.05, 0) is 43.4 Å². The van der Waals surface area contributed by atoms with Gasteiger partial charge < -0.3 is 33.8 Å². The summed E-state index contributed by atoms with van der Waals surface area (Å²) in [4.78, 5) is 72.7. The minimum atomic E-state index is -4.96. The summed E-state index contributed by atoms with van der Waals surface area (Å²) < 4.78 is 68.4. The molecule has 0 saturated carbocycles. The molecule has 5 atom stereocenters. The number of carbonyl (C=O) groups excluding carboxylic acids is 4. The molecule has 19 heteroatoms. The van der Waals surface area contributed by atoms with Crippen molar-refractivity contribution in [3.63, 3.8) is 0 Å². The Hall–Kier alpha value is -1.94. The maximum absolute atomic E-state index is 13.1. The SMILES string of the molecule is CCCCCCCCCC(=O)OC[C@H](COP(=O)(O)OC[C@H](O)COP(=O)(O)OC[C@@H](COC(=O)CCCCCCCCCCCCCCCC(C)C)OC(=O)CCCCCCCCCCCCCCCC(C)C)OC(=O)CCCCCCCCCCCCCCC(C)C. The van der Waals surface area contributed by atoms with Gasteiger partial charge in [0.05, 0.1) is 26.4 Å². The van der Waals surface area contributed by atoms with Crippen LogP contribution in [0.3, 0.4) is 0 Å². The second kappa shape index (κ2) is 65.7. The zero-order valence-corrected chi connectivity index (χ0v) is 63.2. The van der Waals surface area contributed by atoms with Crippen molar-refractivity contribution in [2.24, 2.45) is 17.8 Å². The normalized spacial score (nSPS) is 14.1. The standard InChI is InChI=1S/C75H146O17P2/c1-8-9-10-11-32-42-49-56-72(77)85-62-70(91-74(79)59-52-45-38-31-25-19-18-22-28-35-41-48-55-68(6)7)64-89-93(81,82)87-60-69(76)61-88-94(83,84)90-65-71(92-75(80)58-51-44-37-30-24-17-13-15-21-27-34-40-47-54-67(4)5)63-86-73(78)57-50-43-36-29-23-16-12-14-20-26-33-39-46-53-66(2)3/h66-71,76H,8-65H2,1-7H3,(H,81,82)(H,83,84)/t69-,70+,71+/m0/s1. The van der Waals surface area contributed by atoms with Crippen molar-refractivity contribution in [3.8, 4) is 0 Å². The van der Waals surface area contributed by atoms with E-state index in [0.29, 0.717) is 25.7 Å². The van der Waals surface area contributed by atoms with Crippen LogP contribution in [0, 0.1) is 17.8 Å². The molecule has 0 bridgehead atoms. The molecule has 0 saturated heterocycles. The maximum Gasteiger partial charge on any atom is 0.472 e. The van der Waals surface area contributed by atoms with E-state index in [0.717, 1.165) is 120 Å². The Bertz CT molecular complexity index is 1840. The van der Waals surface area contributed by atoms with Crippen LogP contribution in [0.2, 0.25) is 0 Å². The summed E-state index contributed by atoms with van der Waals surface area (Å²) >= 11 is 0. The van der Waals surface area contributed by atoms with Crippen LogP contribution in [0.1, 0.15) is 382 Å². The van der Waals surface area contributed by atoms with E-state index < -0.39 is 97.5 Å². The Morgan fingerprint density at radius 2 is 0.489 bits per heavy atom. The van der Waals surface area contributed by atoms with Crippen LogP contribution in [0.4, 0.5) is 0 Å². The van der Waals surface area contributed by atoms with E-state index in [1.54, 1.807) is 0 Å². The number of hydrogen-bond donors (Lipinski definition) is 3. The second-order valence-corrected chi connectivity index (χ2v) is 31.4. The zero-order chi connectivity index (χ0) is 69.4. The van der Waals surface area contributed by atoms with Crippen LogP contribution in [0.5, 0.6) is 0 Å². The summed E-state index contributed by atoms with van der Waals surface area (Å²) in [6, 6.07) is 0. The van der Waals surface area contributed by atoms with E-state index in [9.17, 15) is 43.2 Å². The maximum atomic E-state index is 13.1. The molecule has 558 valence electrons. The van der Waals surface area contributed by atoms with Crippen molar-refractivity contribution in [1.82, 2.24) is 0 Å². The number of unbranched alkanes of at least 4 members (excludes halogenated alkanes) is 41. The predicted molar refractivity (Wildman–Crippen MR) is 381 cm³/mol. The first-order valence-corrected chi connectivity index (χ1v) is 41.8. The van der Waals surface area contributed by atoms with Gasteiger partial charge >= 0.3 is 39.5 Å². The fourth-order valence-corrected chi connectivity index (χ4v) is 13.0. The van der Waals surface area contributed by atoms with Gasteiger partial charge in [-0.1, -0.05) is 331 Å². The fraction of sp³-hybridized carbons (Fsp3) is 0.947. The lowest BCUT2D eigenvalue weighted by molar-refractivity contribution is -0.161. The van der Waals surface area contributed by atoms with Crippen molar-refractivity contribution in [3.05, 3.63) is 0 Å². The summed E-state index contributed by atoms with van der Waals surface area (Å²) in [5.74, 6) is 0.232. The summed E-state index contributed by atoms with van der Waals surface area (Å²) in [6.45, 7) is 11.9. The Labute approximate surface area is 575 Å². The Morgan fingerprint density at radius 3 is 0.723 bits per heavy atom. The van der Waals surface area contributed by atoms with Gasteiger partial charge in [-0.25, -0.2) is 9.13 Å². The van der Waals surface area contributed by atoms with E-state index in [1.807, 2.05) is 0 Å². The number of phosphoric ester groups is 2. The fourth-order valence-electron chi connectivity index (χ4n) is 11.4. The summed E-state index contributed by atoms with van der Waals surface area (Å²) in [6.07, 6.45) is 51.4. The summed E-state index contributed by atoms with van der Waals surface area (Å²) in [7, 11) is -9.91. The third-order valence-electron chi connectivity index (χ3n) is 17.4. The molecular formula is C75H146O17P2. The average molecular weight is 1380 g/mol. The predicted octanol–water partition coefficient (Wildman–Crippen LogP) is 21.8. The van der Waals surface area contributed by atoms with Crippen LogP contribution in [-0.2, 0) is 65.4 Å². The van der Waals surface area contributed by atoms with Gasteiger partial charge in [0, 0.05) is 25.7 Å². The highest BCUT2D eigenvalue weighted by molar-refractivity contribution is 7.47. The van der Waals surface area contributed by atoms with E-state index in [-0.39, 0.29) is 25.7 Å². The third-order valence-corrected chi connectivity index (χ3v) is 19.3. The molecule has 0 fully saturated rings. The summed E-state index contributed by atoms with van der Waals surface area (Å²) in [5.41, 5.74) is 0. The van der Waals surface area contributed by atoms with E-state index in [2.05, 4.69) is 48.5 Å². The largest absolute Gasteiger partial charge is 0.472 e. The first-order valence-electron chi connectivity index (χ1n) is 38.8. The smallest absolute Gasteiger partial charge is 0.462 e. The van der Waals surface area contributed by atoms with Crippen LogP contribution >= 0.6 is 15.6 Å². The molecule has 0 spiro atoms. The molecule has 17 nitrogen and oxygen atoms in total. The molecule has 0 aliphatic heterocycles. The first-order chi connectivity index (χ1) is 45.2. The molecule has 3 N–H and O–H groups in total. The van der Waals surface area contributed by atoms with E-state index in [1.165, 1.54) is 180 Å². The Morgan fingerprint density at radius 1 is 0.287 bits per heavy atom. The number of esters is 4. The van der Waals surface area contributed by atoms with Crippen molar-refractivity contribution in [1.29, 1.82) is 0 Å². The number of phosphoric acid groups is 2. The molecule has 0 amide bonds. The van der Waals surface area contributed by atoms with Gasteiger partial charge in [-0.2, -0.15) is 0 Å². The molecule has 0 aliphatic carbocycles. The number of carbonyl (C=O) groups is 4. The lowest BCUT2D eigenvalue weighted by atomic mass is 10.0. The molecule has 0 rings (SSSR count). The van der Waals surface area contributed by atoms with Crippen molar-refractivity contribution in [2.45, 2.75) is 401 Å². The Kier molecular flexibility index (Phi) is 64.3. The third kappa shape index (κ3) is 68.6. The van der Waals surface area contributed by atoms with Gasteiger partial charge in [0.1, 0.15) is 19.3 Å². The van der Waals surface area contributed by atoms with Crippen LogP contribution in [0.15, 0.2) is 0 Å². The number of ether oxygens (including phenoxy) is 4. The molecule has 0 radical (unpaired) electrons. The topological polar surface area (TPSA) is 237 Å². The van der Waals surface area contributed by atoms with Gasteiger partial charge in [0.2, 0.25) is 0 Å². The lowest BCUT2D eigenvalue weighted by Crippen LogP contribution is -2.30. The number of aliphatic hydroxyl groups is 1. The Balaban J connectivity index is 5.20. The van der Waals surface area contributed by atoms with Crippen molar-refractivity contribution < 1.29 is 80.2 Å². The van der Waals surface area contributed by atoms with Crippen molar-refractivity contribution in [2.75, 3.05) is 39.6 Å². The number of rotatable bonds is 73. The molecular weight excluding hydrogens is 1230 g/mol. The molecule has 0 heterocycles. The van der Waals surface area contributed by atoms with Crippen LogP contribution in [0.25, 0.3) is 0 Å². The van der Waals surface area contributed by atoms with Gasteiger partial charge in [-0.15, -0.1) is 0 Å². The van der Waals surface area contributed by atoms with Gasteiger partial charge in [-0.3, -0.25) is 37.3 Å². The molecule has 0 aromatic rings. The quantitative estimate of drug-likeness (QED) is 0.0222. The highest BCUT2D eigenvalue weighted by Gasteiger charge is 2.30. The number of aliphatic hydroxyl groups excluding tert-OH is 1. The van der Waals surface area contributed by atoms with E-state index in [4.69, 9.17) is 37.0 Å². The average Bonchev–Trinajstić information content (AvgIpc) is 2.49. The highest BCUT2D eigenvalue weighted by Crippen LogP contribution is 2.45. The molecule has 0 aromatic heterocycles. The van der Waals surface area contributed by atoms with Crippen LogP contribution in [-0.4, -0.2) is 96.7 Å². The van der Waals surface area contributed by atoms with Crippen LogP contribution < -0.4 is 0 Å². The number of hydrogen-bond acceptors (Lipinski definition) is 15. The monoisotopic (exact) mass is 1380 g/mol. The zero-order valence-electron chi connectivity index (χ0n) is 61.4. The molecule has 94 heavy (non-hydrogen) atoms. The minimum Gasteiger partial charge on any atom is -0.462 e. The molecule has 2 unspecified atom stereocenters. The molecule has 0 aromatic carbocycles. The van der Waals surface area contributed by atoms with E-state index >= 15 is 0 Å². The van der Waals surface area contributed by atoms with Crippen molar-refractivity contribution >= 4 is 39.5 Å². The molecule has 0 aliphatic rings. The minimum absolute atomic E-state index is 0.106. The first kappa shape index (κ1) is 92.1. The lowest BCUT2D eigenvalue weighted by Gasteiger charge is -2.21. The van der Waals surface area contributed by atoms with Gasteiger partial charge in [0.25, 0.3) is 0 Å².